The van der Waals surface area contributed by atoms with Crippen molar-refractivity contribution in [3.05, 3.63) is 64.1 Å². The van der Waals surface area contributed by atoms with Crippen molar-refractivity contribution in [2.24, 2.45) is 0 Å². The monoisotopic (exact) mass is 319 g/mol. The van der Waals surface area contributed by atoms with Gasteiger partial charge in [0.1, 0.15) is 0 Å². The van der Waals surface area contributed by atoms with E-state index in [2.05, 4.69) is 33.0 Å². The van der Waals surface area contributed by atoms with E-state index in [1.54, 1.807) is 6.92 Å². The Bertz CT molecular complexity index is 537. The highest BCUT2D eigenvalue weighted by molar-refractivity contribution is 9.10. The summed E-state index contributed by atoms with van der Waals surface area (Å²) in [6.07, 6.45) is -0.455. The first-order valence-corrected chi connectivity index (χ1v) is 7.10. The van der Waals surface area contributed by atoms with E-state index >= 15 is 0 Å². The molecule has 2 aromatic rings. The van der Waals surface area contributed by atoms with Gasteiger partial charge in [-0.2, -0.15) is 0 Å². The average molecular weight is 320 g/mol. The predicted molar refractivity (Wildman–Crippen MR) is 83.3 cm³/mol. The molecule has 2 nitrogen and oxygen atoms in total. The molecule has 100 valence electrons. The molecule has 0 amide bonds. The van der Waals surface area contributed by atoms with E-state index in [9.17, 15) is 5.11 Å². The molecule has 0 aliphatic heterocycles. The van der Waals surface area contributed by atoms with Crippen LogP contribution >= 0.6 is 15.9 Å². The number of hydrogen-bond acceptors (Lipinski definition) is 2. The molecular formula is C16H18BrNO. The quantitative estimate of drug-likeness (QED) is 0.915. The van der Waals surface area contributed by atoms with Gasteiger partial charge in [0, 0.05) is 29.3 Å². The van der Waals surface area contributed by atoms with Gasteiger partial charge < -0.3 is 10.0 Å². The van der Waals surface area contributed by atoms with Crippen molar-refractivity contribution in [2.75, 3.05) is 11.9 Å². The highest BCUT2D eigenvalue weighted by Gasteiger charge is 2.11. The molecule has 0 radical (unpaired) electrons. The minimum atomic E-state index is -0.455. The largest absolute Gasteiger partial charge is 0.389 e. The van der Waals surface area contributed by atoms with Gasteiger partial charge in [0.05, 0.1) is 6.10 Å². The zero-order chi connectivity index (χ0) is 13.8. The molecule has 1 N–H and O–H groups in total. The second-order valence-corrected chi connectivity index (χ2v) is 5.63. The number of nitrogens with zero attached hydrogens (tertiary/aromatic N) is 1. The van der Waals surface area contributed by atoms with Crippen molar-refractivity contribution >= 4 is 21.6 Å². The molecule has 2 rings (SSSR count). The maximum absolute atomic E-state index is 9.82. The molecule has 19 heavy (non-hydrogen) atoms. The summed E-state index contributed by atoms with van der Waals surface area (Å²) < 4.78 is 1.09. The molecule has 0 heterocycles. The fourth-order valence-corrected chi connectivity index (χ4v) is 2.40. The van der Waals surface area contributed by atoms with Crippen molar-refractivity contribution in [3.8, 4) is 0 Å². The number of halogens is 1. The summed E-state index contributed by atoms with van der Waals surface area (Å²) in [5.74, 6) is 0. The van der Waals surface area contributed by atoms with E-state index < -0.39 is 6.10 Å². The third-order valence-electron chi connectivity index (χ3n) is 3.13. The standard InChI is InChI=1S/C16H18BrNO/c1-12(19)15-5-3-4-6-16(15)18(2)11-13-7-9-14(17)10-8-13/h3-10,12,19H,11H2,1-2H3/t12-/m0/s1. The number of hydrogen-bond donors (Lipinski definition) is 1. The molecule has 0 aliphatic rings. The van der Waals surface area contributed by atoms with Gasteiger partial charge in [0.15, 0.2) is 0 Å². The van der Waals surface area contributed by atoms with Crippen LogP contribution < -0.4 is 4.90 Å². The fourth-order valence-electron chi connectivity index (χ4n) is 2.14. The Morgan fingerprint density at radius 1 is 1.11 bits per heavy atom. The van der Waals surface area contributed by atoms with Gasteiger partial charge in [-0.25, -0.2) is 0 Å². The molecule has 2 aromatic carbocycles. The van der Waals surface area contributed by atoms with Crippen molar-refractivity contribution in [1.29, 1.82) is 0 Å². The summed E-state index contributed by atoms with van der Waals surface area (Å²) in [5, 5.41) is 9.82. The van der Waals surface area contributed by atoms with Gasteiger partial charge in [-0.15, -0.1) is 0 Å². The second kappa shape index (κ2) is 6.22. The van der Waals surface area contributed by atoms with Crippen LogP contribution in [0.5, 0.6) is 0 Å². The summed E-state index contributed by atoms with van der Waals surface area (Å²) in [7, 11) is 2.04. The Balaban J connectivity index is 2.20. The van der Waals surface area contributed by atoms with E-state index in [4.69, 9.17) is 0 Å². The van der Waals surface area contributed by atoms with Crippen LogP contribution in [0.3, 0.4) is 0 Å². The number of aliphatic hydroxyl groups is 1. The number of para-hydroxylation sites is 1. The molecule has 3 heteroatoms. The van der Waals surface area contributed by atoms with Crippen molar-refractivity contribution in [2.45, 2.75) is 19.6 Å². The summed E-state index contributed by atoms with van der Waals surface area (Å²) in [4.78, 5) is 2.16. The van der Waals surface area contributed by atoms with Gasteiger partial charge in [-0.1, -0.05) is 46.3 Å². The lowest BCUT2D eigenvalue weighted by molar-refractivity contribution is 0.199. The van der Waals surface area contributed by atoms with Crippen LogP contribution in [-0.2, 0) is 6.54 Å². The van der Waals surface area contributed by atoms with E-state index in [0.717, 1.165) is 22.3 Å². The number of benzene rings is 2. The third kappa shape index (κ3) is 3.58. The first-order valence-electron chi connectivity index (χ1n) is 6.30. The fraction of sp³-hybridized carbons (Fsp3) is 0.250. The molecule has 0 unspecified atom stereocenters. The van der Waals surface area contributed by atoms with Crippen LogP contribution in [0.2, 0.25) is 0 Å². The molecule has 0 aromatic heterocycles. The molecule has 1 atom stereocenters. The molecule has 0 saturated carbocycles. The van der Waals surface area contributed by atoms with Gasteiger partial charge in [0.25, 0.3) is 0 Å². The lowest BCUT2D eigenvalue weighted by atomic mass is 10.1. The van der Waals surface area contributed by atoms with Crippen LogP contribution in [0.25, 0.3) is 0 Å². The second-order valence-electron chi connectivity index (χ2n) is 4.72. The highest BCUT2D eigenvalue weighted by atomic mass is 79.9. The maximum Gasteiger partial charge on any atom is 0.0781 e. The Morgan fingerprint density at radius 2 is 1.74 bits per heavy atom. The molecule has 0 saturated heterocycles. The topological polar surface area (TPSA) is 23.5 Å². The van der Waals surface area contributed by atoms with Crippen LogP contribution in [0, 0.1) is 0 Å². The number of rotatable bonds is 4. The molecule has 0 aliphatic carbocycles. The first kappa shape index (κ1) is 14.1. The van der Waals surface area contributed by atoms with Gasteiger partial charge in [-0.3, -0.25) is 0 Å². The maximum atomic E-state index is 9.82. The summed E-state index contributed by atoms with van der Waals surface area (Å²) in [5.41, 5.74) is 3.27. The van der Waals surface area contributed by atoms with E-state index in [0.29, 0.717) is 0 Å². The predicted octanol–water partition coefficient (Wildman–Crippen LogP) is 4.14. The third-order valence-corrected chi connectivity index (χ3v) is 3.66. The first-order chi connectivity index (χ1) is 9.08. The van der Waals surface area contributed by atoms with Crippen LogP contribution in [-0.4, -0.2) is 12.2 Å². The van der Waals surface area contributed by atoms with E-state index in [-0.39, 0.29) is 0 Å². The van der Waals surface area contributed by atoms with Crippen LogP contribution in [0.15, 0.2) is 53.0 Å². The lowest BCUT2D eigenvalue weighted by Gasteiger charge is -2.23. The van der Waals surface area contributed by atoms with Crippen LogP contribution in [0.4, 0.5) is 5.69 Å². The van der Waals surface area contributed by atoms with Gasteiger partial charge >= 0.3 is 0 Å². The summed E-state index contributed by atoms with van der Waals surface area (Å²) in [6, 6.07) is 16.3. The Labute approximate surface area is 122 Å². The normalized spacial score (nSPS) is 12.2. The zero-order valence-corrected chi connectivity index (χ0v) is 12.8. The number of aliphatic hydroxyl groups excluding tert-OH is 1. The van der Waals surface area contributed by atoms with Crippen LogP contribution in [0.1, 0.15) is 24.2 Å². The molecule has 0 bridgehead atoms. The zero-order valence-electron chi connectivity index (χ0n) is 11.2. The smallest absolute Gasteiger partial charge is 0.0781 e. The minimum Gasteiger partial charge on any atom is -0.389 e. The SMILES string of the molecule is C[C@H](O)c1ccccc1N(C)Cc1ccc(Br)cc1. The summed E-state index contributed by atoms with van der Waals surface area (Å²) >= 11 is 3.44. The summed E-state index contributed by atoms with van der Waals surface area (Å²) in [6.45, 7) is 2.61. The van der Waals surface area contributed by atoms with Crippen molar-refractivity contribution < 1.29 is 5.11 Å². The van der Waals surface area contributed by atoms with Crippen molar-refractivity contribution in [3.63, 3.8) is 0 Å². The average Bonchev–Trinajstić information content (AvgIpc) is 2.41. The van der Waals surface area contributed by atoms with E-state index in [1.807, 2.05) is 43.4 Å². The molecule has 0 spiro atoms. The van der Waals surface area contributed by atoms with Gasteiger partial charge in [0.2, 0.25) is 0 Å². The minimum absolute atomic E-state index is 0.455. The highest BCUT2D eigenvalue weighted by Crippen LogP contribution is 2.26. The van der Waals surface area contributed by atoms with Crippen molar-refractivity contribution in [1.82, 2.24) is 0 Å². The molecular weight excluding hydrogens is 302 g/mol. The van der Waals surface area contributed by atoms with Gasteiger partial charge in [-0.05, 0) is 30.7 Å². The number of anilines is 1. The van der Waals surface area contributed by atoms with E-state index in [1.165, 1.54) is 5.56 Å². The molecule has 0 fully saturated rings. The Hall–Kier alpha value is -1.32. The Morgan fingerprint density at radius 3 is 2.37 bits per heavy atom. The Kier molecular flexibility index (Phi) is 4.61. The lowest BCUT2D eigenvalue weighted by Crippen LogP contribution is -2.18.